The number of aromatic nitrogens is 6. The van der Waals surface area contributed by atoms with E-state index >= 15 is 0 Å². The summed E-state index contributed by atoms with van der Waals surface area (Å²) in [7, 11) is 0. The Kier molecular flexibility index (Phi) is 12.7. The fourth-order valence-corrected chi connectivity index (χ4v) is 7.51. The first-order chi connectivity index (χ1) is 27.7. The van der Waals surface area contributed by atoms with Crippen molar-refractivity contribution in [2.45, 2.75) is 115 Å². The van der Waals surface area contributed by atoms with Crippen LogP contribution in [0.5, 0.6) is 11.8 Å². The van der Waals surface area contributed by atoms with Crippen LogP contribution in [-0.4, -0.2) is 78.8 Å². The molecule has 5 aromatic rings. The number of nitrogens with one attached hydrogen (secondary N) is 3. The number of hydrogen-bond acceptors (Lipinski definition) is 9. The molecule has 19 heteroatoms. The van der Waals surface area contributed by atoms with E-state index in [0.29, 0.717) is 45.7 Å². The van der Waals surface area contributed by atoms with Gasteiger partial charge in [0.15, 0.2) is 11.3 Å². The standard InChI is InChI=1S/C25H28F3N5O2.C14H16F3IN4O/c1-15-12-16(6-9-19(15)24(34)31-17-7-8-17)21-14-30-23-20(29-11-10-25(26,27)28)13-22(32-33(21)23)35-18-4-2-3-5-18;15-14(16,17)5-6-19-10-7-12(23-9-3-1-2-4-9)21-22-11(18)8-20-13(10)22/h6,9,12-14,17-18,29H,2-5,7-8,10-11H2,1H3,(H,31,34);7-9,19H,1-6H2. The van der Waals surface area contributed by atoms with Crippen molar-refractivity contribution in [1.82, 2.24) is 34.5 Å². The first kappa shape index (κ1) is 41.6. The van der Waals surface area contributed by atoms with Gasteiger partial charge in [0.05, 0.1) is 42.3 Å². The number of nitrogens with zero attached hydrogens (tertiary/aromatic N) is 6. The van der Waals surface area contributed by atoms with E-state index in [1.54, 1.807) is 39.6 Å². The Morgan fingerprint density at radius 1 is 0.759 bits per heavy atom. The van der Waals surface area contributed by atoms with Gasteiger partial charge in [-0.1, -0.05) is 6.07 Å². The molecule has 0 spiro atoms. The summed E-state index contributed by atoms with van der Waals surface area (Å²) in [6, 6.07) is 9.04. The lowest BCUT2D eigenvalue weighted by Crippen LogP contribution is -2.26. The van der Waals surface area contributed by atoms with Crippen molar-refractivity contribution in [3.8, 4) is 23.0 Å². The largest absolute Gasteiger partial charge is 0.473 e. The second-order valence-electron chi connectivity index (χ2n) is 14.9. The zero-order chi connectivity index (χ0) is 41.0. The van der Waals surface area contributed by atoms with Crippen molar-refractivity contribution in [2.24, 2.45) is 0 Å². The van der Waals surface area contributed by atoms with E-state index < -0.39 is 25.2 Å². The maximum Gasteiger partial charge on any atom is 0.390 e. The number of imidazole rings is 2. The predicted molar refractivity (Wildman–Crippen MR) is 213 cm³/mol. The van der Waals surface area contributed by atoms with Gasteiger partial charge in [0.1, 0.15) is 15.9 Å². The molecular formula is C39H44F6IN9O3. The molecule has 0 saturated heterocycles. The second-order valence-corrected chi connectivity index (χ2v) is 16.0. The number of amides is 1. The zero-order valence-electron chi connectivity index (χ0n) is 31.7. The van der Waals surface area contributed by atoms with Gasteiger partial charge in [-0.05, 0) is 111 Å². The average Bonchev–Trinajstić information content (AvgIpc) is 3.59. The lowest BCUT2D eigenvalue weighted by Gasteiger charge is -2.15. The Bertz CT molecular complexity index is 2210. The summed E-state index contributed by atoms with van der Waals surface area (Å²) in [5.74, 6) is 0.668. The molecule has 0 radical (unpaired) electrons. The summed E-state index contributed by atoms with van der Waals surface area (Å²) in [5.41, 5.74) is 4.72. The van der Waals surface area contributed by atoms with Crippen LogP contribution in [-0.2, 0) is 0 Å². The molecule has 312 valence electrons. The molecule has 3 saturated carbocycles. The molecule has 3 N–H and O–H groups in total. The highest BCUT2D eigenvalue weighted by molar-refractivity contribution is 14.1. The number of anilines is 2. The van der Waals surface area contributed by atoms with E-state index in [2.05, 4.69) is 58.7 Å². The summed E-state index contributed by atoms with van der Waals surface area (Å²) in [6.07, 6.45) is 3.39. The first-order valence-corrected chi connectivity index (χ1v) is 20.6. The molecule has 3 fully saturated rings. The molecule has 12 nitrogen and oxygen atoms in total. The minimum Gasteiger partial charge on any atom is -0.473 e. The van der Waals surface area contributed by atoms with Crippen LogP contribution in [0.15, 0.2) is 42.7 Å². The van der Waals surface area contributed by atoms with E-state index in [9.17, 15) is 31.1 Å². The van der Waals surface area contributed by atoms with Crippen molar-refractivity contribution in [2.75, 3.05) is 23.7 Å². The molecule has 58 heavy (non-hydrogen) atoms. The van der Waals surface area contributed by atoms with Gasteiger partial charge in [0.2, 0.25) is 11.8 Å². The molecule has 4 aromatic heterocycles. The zero-order valence-corrected chi connectivity index (χ0v) is 33.9. The number of fused-ring (bicyclic) bond motifs is 2. The van der Waals surface area contributed by atoms with Gasteiger partial charge in [-0.2, -0.15) is 26.3 Å². The number of hydrogen-bond donors (Lipinski definition) is 3. The van der Waals surface area contributed by atoms with Gasteiger partial charge in [-0.15, -0.1) is 10.2 Å². The van der Waals surface area contributed by atoms with Crippen LogP contribution in [0.4, 0.5) is 37.7 Å². The average molecular weight is 928 g/mol. The van der Waals surface area contributed by atoms with Gasteiger partial charge >= 0.3 is 12.4 Å². The summed E-state index contributed by atoms with van der Waals surface area (Å²) < 4.78 is 91.0. The highest BCUT2D eigenvalue weighted by atomic mass is 127. The SMILES string of the molecule is Cc1cc(-c2cnc3c(NCCC(F)(F)F)cc(OC4CCCC4)nn23)ccc1C(=O)NC1CC1.FC(F)(F)CCNc1cc(OC2CCCC2)nn2c(I)cnc12. The summed E-state index contributed by atoms with van der Waals surface area (Å²) in [4.78, 5) is 21.1. The van der Waals surface area contributed by atoms with Crippen LogP contribution in [0.3, 0.4) is 0 Å². The molecule has 0 unspecified atom stereocenters. The first-order valence-electron chi connectivity index (χ1n) is 19.5. The Morgan fingerprint density at radius 2 is 1.28 bits per heavy atom. The van der Waals surface area contributed by atoms with E-state index in [0.717, 1.165) is 79.0 Å². The number of benzene rings is 1. The fraction of sp³-hybridized carbons (Fsp3) is 0.513. The second kappa shape index (κ2) is 17.7. The Balaban J connectivity index is 0.000000193. The minimum absolute atomic E-state index is 0.0430. The molecule has 8 rings (SSSR count). The number of rotatable bonds is 13. The molecule has 3 aliphatic rings. The third-order valence-corrected chi connectivity index (χ3v) is 10.9. The number of carbonyl (C=O) groups excluding carboxylic acids is 1. The van der Waals surface area contributed by atoms with Gasteiger partial charge < -0.3 is 25.4 Å². The highest BCUT2D eigenvalue weighted by Crippen LogP contribution is 2.32. The maximum absolute atomic E-state index is 12.7. The van der Waals surface area contributed by atoms with Crippen molar-refractivity contribution >= 4 is 51.2 Å². The van der Waals surface area contributed by atoms with E-state index in [1.807, 2.05) is 19.1 Å². The van der Waals surface area contributed by atoms with Gasteiger partial charge in [-0.3, -0.25) is 4.79 Å². The Morgan fingerprint density at radius 3 is 1.79 bits per heavy atom. The number of carbonyl (C=O) groups is 1. The summed E-state index contributed by atoms with van der Waals surface area (Å²) >= 11 is 2.08. The van der Waals surface area contributed by atoms with Crippen molar-refractivity contribution in [3.05, 3.63) is 57.6 Å². The molecule has 4 heterocycles. The molecule has 3 aliphatic carbocycles. The Labute approximate surface area is 344 Å². The van der Waals surface area contributed by atoms with Crippen LogP contribution in [0.1, 0.15) is 93.0 Å². The predicted octanol–water partition coefficient (Wildman–Crippen LogP) is 9.30. The van der Waals surface area contributed by atoms with Crippen molar-refractivity contribution in [1.29, 1.82) is 0 Å². The lowest BCUT2D eigenvalue weighted by molar-refractivity contribution is -0.132. The number of ether oxygens (including phenoxy) is 2. The van der Waals surface area contributed by atoms with Gasteiger partial charge in [-0.25, -0.2) is 19.0 Å². The molecule has 1 aromatic carbocycles. The molecule has 0 aliphatic heterocycles. The van der Waals surface area contributed by atoms with Crippen molar-refractivity contribution < 1.29 is 40.6 Å². The van der Waals surface area contributed by atoms with Gasteiger partial charge in [0, 0.05) is 42.4 Å². The van der Waals surface area contributed by atoms with Crippen LogP contribution < -0.4 is 25.4 Å². The van der Waals surface area contributed by atoms with Gasteiger partial charge in [0.25, 0.3) is 5.91 Å². The number of halogens is 7. The Hall–Kier alpha value is -4.56. The monoisotopic (exact) mass is 927 g/mol. The van der Waals surface area contributed by atoms with E-state index in [-0.39, 0.29) is 37.2 Å². The minimum atomic E-state index is -4.26. The topological polar surface area (TPSA) is 132 Å². The highest BCUT2D eigenvalue weighted by Gasteiger charge is 2.29. The van der Waals surface area contributed by atoms with E-state index in [4.69, 9.17) is 9.47 Å². The molecule has 1 amide bonds. The number of aryl methyl sites for hydroxylation is 1. The summed E-state index contributed by atoms with van der Waals surface area (Å²) in [6.45, 7) is 1.38. The van der Waals surface area contributed by atoms with Crippen LogP contribution >= 0.6 is 22.6 Å². The lowest BCUT2D eigenvalue weighted by atomic mass is 10.0. The molecular weight excluding hydrogens is 883 g/mol. The quantitative estimate of drug-likeness (QED) is 0.0781. The van der Waals surface area contributed by atoms with Crippen LogP contribution in [0.2, 0.25) is 0 Å². The normalized spacial score (nSPS) is 16.4. The molecule has 0 atom stereocenters. The smallest absolute Gasteiger partial charge is 0.390 e. The maximum atomic E-state index is 12.7. The third kappa shape index (κ3) is 10.9. The summed E-state index contributed by atoms with van der Waals surface area (Å²) in [5, 5.41) is 17.6. The number of alkyl halides is 6. The molecule has 0 bridgehead atoms. The fourth-order valence-electron chi connectivity index (χ4n) is 7.04. The van der Waals surface area contributed by atoms with E-state index in [1.165, 1.54) is 0 Å². The van der Waals surface area contributed by atoms with Crippen molar-refractivity contribution in [3.63, 3.8) is 0 Å². The van der Waals surface area contributed by atoms with Crippen LogP contribution in [0, 0.1) is 10.6 Å². The van der Waals surface area contributed by atoms with Crippen LogP contribution in [0.25, 0.3) is 22.6 Å². The third-order valence-electron chi connectivity index (χ3n) is 10.2.